The summed E-state index contributed by atoms with van der Waals surface area (Å²) in [5.74, 6) is 1.08. The highest BCUT2D eigenvalue weighted by molar-refractivity contribution is 5.23. The van der Waals surface area contributed by atoms with Crippen molar-refractivity contribution < 1.29 is 15.3 Å². The second kappa shape index (κ2) is 11.9. The van der Waals surface area contributed by atoms with Crippen LogP contribution in [0.2, 0.25) is 0 Å². The van der Waals surface area contributed by atoms with E-state index < -0.39 is 6.29 Å². The monoisotopic (exact) mass is 368 g/mol. The first-order chi connectivity index (χ1) is 12.2. The number of aliphatic hydroxyl groups excluding tert-OH is 2. The van der Waals surface area contributed by atoms with Crippen molar-refractivity contribution in [2.75, 3.05) is 0 Å². The fourth-order valence-electron chi connectivity index (χ4n) is 3.88. The van der Waals surface area contributed by atoms with E-state index in [4.69, 9.17) is 5.73 Å². The molecule has 152 valence electrons. The maximum Gasteiger partial charge on any atom is 0.157 e. The molecule has 1 aliphatic rings. The minimum atomic E-state index is -1.33. The molecule has 0 aromatic carbocycles. The van der Waals surface area contributed by atoms with Gasteiger partial charge in [0.1, 0.15) is 0 Å². The van der Waals surface area contributed by atoms with Crippen LogP contribution in [0.1, 0.15) is 72.1 Å². The van der Waals surface area contributed by atoms with Gasteiger partial charge in [-0.3, -0.25) is 4.99 Å². The van der Waals surface area contributed by atoms with E-state index in [0.29, 0.717) is 11.8 Å². The van der Waals surface area contributed by atoms with Crippen molar-refractivity contribution in [3.8, 4) is 0 Å². The van der Waals surface area contributed by atoms with Crippen molar-refractivity contribution >= 4 is 6.72 Å². The number of nitrogens with zero attached hydrogens (tertiary/aromatic N) is 1. The van der Waals surface area contributed by atoms with Crippen LogP contribution in [0.4, 0.5) is 0 Å². The Hall–Kier alpha value is -0.750. The number of hydrogen-bond acceptors (Lipinski definition) is 5. The Bertz CT molecular complexity index is 437. The Labute approximate surface area is 159 Å². The van der Waals surface area contributed by atoms with Crippen molar-refractivity contribution in [1.29, 1.82) is 0 Å². The highest BCUT2D eigenvalue weighted by Gasteiger charge is 2.27. The first kappa shape index (κ1) is 23.3. The van der Waals surface area contributed by atoms with Crippen LogP contribution in [0.3, 0.4) is 0 Å². The van der Waals surface area contributed by atoms with Gasteiger partial charge >= 0.3 is 0 Å². The Morgan fingerprint density at radius 3 is 2.42 bits per heavy atom. The summed E-state index contributed by atoms with van der Waals surface area (Å²) in [5, 5.41) is 29.5. The third kappa shape index (κ3) is 8.30. The molecule has 0 aromatic heterocycles. The zero-order valence-electron chi connectivity index (χ0n) is 16.8. The maximum absolute atomic E-state index is 9.85. The lowest BCUT2D eigenvalue weighted by molar-refractivity contribution is -0.0727. The predicted octanol–water partition coefficient (Wildman–Crippen LogP) is 3.23. The van der Waals surface area contributed by atoms with Crippen LogP contribution in [0.5, 0.6) is 0 Å². The van der Waals surface area contributed by atoms with Crippen LogP contribution < -0.4 is 5.73 Å². The molecule has 0 saturated heterocycles. The summed E-state index contributed by atoms with van der Waals surface area (Å²) >= 11 is 0. The molecule has 0 aromatic rings. The Kier molecular flexibility index (Phi) is 10.6. The summed E-state index contributed by atoms with van der Waals surface area (Å²) in [6, 6.07) is 0. The van der Waals surface area contributed by atoms with Gasteiger partial charge in [0.25, 0.3) is 0 Å². The fraction of sp³-hybridized carbons (Fsp3) is 0.857. The van der Waals surface area contributed by atoms with Crippen LogP contribution >= 0.6 is 0 Å². The van der Waals surface area contributed by atoms with Crippen molar-refractivity contribution in [1.82, 2.24) is 0 Å². The second-order valence-electron chi connectivity index (χ2n) is 8.39. The molecule has 0 bridgehead atoms. The van der Waals surface area contributed by atoms with Gasteiger partial charge in [-0.05, 0) is 76.3 Å². The van der Waals surface area contributed by atoms with E-state index in [0.717, 1.165) is 44.9 Å². The lowest BCUT2D eigenvalue weighted by Gasteiger charge is -2.33. The quantitative estimate of drug-likeness (QED) is 0.195. The van der Waals surface area contributed by atoms with E-state index in [9.17, 15) is 15.3 Å². The molecule has 0 heterocycles. The van der Waals surface area contributed by atoms with Gasteiger partial charge in [-0.1, -0.05) is 31.9 Å². The number of hydrogen-bond donors (Lipinski definition) is 4. The van der Waals surface area contributed by atoms with Gasteiger partial charge in [-0.2, -0.15) is 0 Å². The van der Waals surface area contributed by atoms with Crippen LogP contribution in [0.15, 0.2) is 16.6 Å². The molecule has 1 fully saturated rings. The molecule has 5 heteroatoms. The highest BCUT2D eigenvalue weighted by atomic mass is 16.5. The molecule has 0 aliphatic heterocycles. The van der Waals surface area contributed by atoms with Crippen molar-refractivity contribution in [3.05, 3.63) is 11.6 Å². The van der Waals surface area contributed by atoms with E-state index in [-0.39, 0.29) is 24.1 Å². The number of allylic oxidation sites excluding steroid dienone is 1. The maximum atomic E-state index is 9.85. The molecule has 1 aliphatic carbocycles. The summed E-state index contributed by atoms with van der Waals surface area (Å²) < 4.78 is 0. The van der Waals surface area contributed by atoms with Gasteiger partial charge < -0.3 is 21.1 Å². The van der Waals surface area contributed by atoms with E-state index in [1.807, 2.05) is 6.92 Å². The van der Waals surface area contributed by atoms with Crippen molar-refractivity contribution in [2.45, 2.75) is 90.7 Å². The van der Waals surface area contributed by atoms with E-state index in [1.54, 1.807) is 0 Å². The average molecular weight is 369 g/mol. The average Bonchev–Trinajstić information content (AvgIpc) is 2.58. The number of aliphatic hydroxyl groups is 3. The molecule has 26 heavy (non-hydrogen) atoms. The summed E-state index contributed by atoms with van der Waals surface area (Å²) in [4.78, 5) is 3.79. The molecule has 6 atom stereocenters. The van der Waals surface area contributed by atoms with E-state index in [1.165, 1.54) is 12.0 Å². The normalized spacial score (nSPS) is 27.3. The SMILES string of the molecule is C=NC(N)CCCCC(C=C1CC(C)CCC1CC(C)C(C)O)C(O)O. The standard InChI is InChI=1S/C21H40N2O3/c1-14-9-10-17(12-15(2)16(3)24)19(11-14)13-18(21(25)26)7-5-6-8-20(22)23-4/h13-18,20-21,24-26H,4-12,22H2,1-3H3. The largest absolute Gasteiger partial charge is 0.393 e. The number of rotatable bonds is 11. The summed E-state index contributed by atoms with van der Waals surface area (Å²) in [5.41, 5.74) is 7.09. The number of unbranched alkanes of at least 4 members (excludes halogenated alkanes) is 1. The topological polar surface area (TPSA) is 99.1 Å². The van der Waals surface area contributed by atoms with Gasteiger partial charge in [0, 0.05) is 5.92 Å². The first-order valence-electron chi connectivity index (χ1n) is 10.2. The van der Waals surface area contributed by atoms with Crippen LogP contribution in [-0.2, 0) is 0 Å². The minimum Gasteiger partial charge on any atom is -0.393 e. The van der Waals surface area contributed by atoms with Gasteiger partial charge in [0.2, 0.25) is 0 Å². The smallest absolute Gasteiger partial charge is 0.157 e. The zero-order valence-corrected chi connectivity index (χ0v) is 16.8. The lowest BCUT2D eigenvalue weighted by atomic mass is 9.73. The molecule has 1 rings (SSSR count). The predicted molar refractivity (Wildman–Crippen MR) is 108 cm³/mol. The van der Waals surface area contributed by atoms with Crippen LogP contribution in [-0.4, -0.2) is 40.6 Å². The molecular weight excluding hydrogens is 328 g/mol. The molecule has 5 nitrogen and oxygen atoms in total. The molecule has 5 N–H and O–H groups in total. The molecule has 0 spiro atoms. The van der Waals surface area contributed by atoms with Gasteiger partial charge in [-0.25, -0.2) is 0 Å². The van der Waals surface area contributed by atoms with E-state index >= 15 is 0 Å². The first-order valence-corrected chi connectivity index (χ1v) is 10.2. The number of aliphatic imine (C=N–C) groups is 1. The molecule has 0 amide bonds. The third-order valence-electron chi connectivity index (χ3n) is 5.93. The van der Waals surface area contributed by atoms with Gasteiger partial charge in [-0.15, -0.1) is 0 Å². The van der Waals surface area contributed by atoms with Gasteiger partial charge in [0.05, 0.1) is 12.3 Å². The van der Waals surface area contributed by atoms with Gasteiger partial charge in [0.15, 0.2) is 6.29 Å². The third-order valence-corrected chi connectivity index (χ3v) is 5.93. The minimum absolute atomic E-state index is 0.226. The second-order valence-corrected chi connectivity index (χ2v) is 8.39. The molecule has 1 saturated carbocycles. The zero-order chi connectivity index (χ0) is 19.7. The van der Waals surface area contributed by atoms with Crippen molar-refractivity contribution in [3.63, 3.8) is 0 Å². The fourth-order valence-corrected chi connectivity index (χ4v) is 3.88. The van der Waals surface area contributed by atoms with E-state index in [2.05, 4.69) is 31.6 Å². The Morgan fingerprint density at radius 2 is 1.85 bits per heavy atom. The summed E-state index contributed by atoms with van der Waals surface area (Å²) in [7, 11) is 0. The van der Waals surface area contributed by atoms with Crippen molar-refractivity contribution in [2.24, 2.45) is 34.4 Å². The molecule has 0 radical (unpaired) electrons. The molecule has 6 unspecified atom stereocenters. The summed E-state index contributed by atoms with van der Waals surface area (Å²) in [6.45, 7) is 9.65. The number of nitrogens with two attached hydrogens (primary N) is 1. The Morgan fingerprint density at radius 1 is 1.19 bits per heavy atom. The lowest BCUT2D eigenvalue weighted by Crippen LogP contribution is -2.25. The molecular formula is C21H40N2O3. The highest BCUT2D eigenvalue weighted by Crippen LogP contribution is 2.38. The summed E-state index contributed by atoms with van der Waals surface area (Å²) in [6.07, 6.45) is 7.87. The van der Waals surface area contributed by atoms with Crippen LogP contribution in [0.25, 0.3) is 0 Å². The Balaban J connectivity index is 2.73. The van der Waals surface area contributed by atoms with Crippen LogP contribution in [0, 0.1) is 23.7 Å².